The van der Waals surface area contributed by atoms with Gasteiger partial charge in [-0.25, -0.2) is 0 Å². The highest BCUT2D eigenvalue weighted by Crippen LogP contribution is 2.25. The molecule has 1 N–H and O–H groups in total. The Bertz CT molecular complexity index is 330. The lowest BCUT2D eigenvalue weighted by Crippen LogP contribution is -2.56. The van der Waals surface area contributed by atoms with Gasteiger partial charge in [0.2, 0.25) is 0 Å². The number of halogens is 5. The van der Waals surface area contributed by atoms with Crippen molar-refractivity contribution in [2.45, 2.75) is 32.5 Å². The van der Waals surface area contributed by atoms with Gasteiger partial charge in [0.05, 0.1) is 6.67 Å². The molecule has 0 aromatic heterocycles. The van der Waals surface area contributed by atoms with Gasteiger partial charge >= 0.3 is 6.18 Å². The van der Waals surface area contributed by atoms with Crippen LogP contribution in [-0.2, 0) is 0 Å². The van der Waals surface area contributed by atoms with Crippen molar-refractivity contribution in [1.29, 1.82) is 0 Å². The molecule has 1 rings (SSSR count). The van der Waals surface area contributed by atoms with Crippen LogP contribution in [0.2, 0.25) is 0 Å². The first-order valence-electron chi connectivity index (χ1n) is 7.30. The van der Waals surface area contributed by atoms with Crippen LogP contribution < -0.4 is 5.32 Å². The Hall–Kier alpha value is -0.320. The molecule has 0 aromatic carbocycles. The van der Waals surface area contributed by atoms with Crippen molar-refractivity contribution in [2.75, 3.05) is 45.9 Å². The molecular weight excluding hydrogens is 415 g/mol. The summed E-state index contributed by atoms with van der Waals surface area (Å²) in [5, 5.41) is 3.10. The zero-order chi connectivity index (χ0) is 15.9. The maximum atomic E-state index is 12.7. The number of nitrogens with one attached hydrogen (secondary N) is 1. The third kappa shape index (κ3) is 6.84. The number of piperazine rings is 1. The van der Waals surface area contributed by atoms with Crippen molar-refractivity contribution in [1.82, 2.24) is 15.1 Å². The van der Waals surface area contributed by atoms with Crippen LogP contribution >= 0.6 is 24.0 Å². The smallest absolute Gasteiger partial charge is 0.357 e. The number of nitrogens with zero attached hydrogens (tertiary/aromatic N) is 3. The summed E-state index contributed by atoms with van der Waals surface area (Å²) in [6.45, 7) is 5.42. The topological polar surface area (TPSA) is 30.9 Å². The number of aliphatic imine (C=N–C) groups is 1. The molecule has 1 saturated heterocycles. The summed E-state index contributed by atoms with van der Waals surface area (Å²) in [7, 11) is 0. The van der Waals surface area contributed by atoms with E-state index in [4.69, 9.17) is 0 Å². The molecule has 0 bridgehead atoms. The summed E-state index contributed by atoms with van der Waals surface area (Å²) in [4.78, 5) is 7.66. The second-order valence-corrected chi connectivity index (χ2v) is 5.02. The van der Waals surface area contributed by atoms with E-state index < -0.39 is 18.9 Å². The molecule has 1 atom stereocenters. The van der Waals surface area contributed by atoms with Crippen molar-refractivity contribution in [3.8, 4) is 0 Å². The zero-order valence-electron chi connectivity index (χ0n) is 13.0. The van der Waals surface area contributed by atoms with E-state index in [0.29, 0.717) is 51.6 Å². The van der Waals surface area contributed by atoms with Crippen LogP contribution in [0, 0.1) is 0 Å². The van der Waals surface area contributed by atoms with Crippen molar-refractivity contribution < 1.29 is 17.6 Å². The Morgan fingerprint density at radius 3 is 2.27 bits per heavy atom. The van der Waals surface area contributed by atoms with E-state index in [9.17, 15) is 17.6 Å². The third-order valence-corrected chi connectivity index (χ3v) is 3.52. The van der Waals surface area contributed by atoms with Gasteiger partial charge in [-0.2, -0.15) is 13.2 Å². The molecule has 22 heavy (non-hydrogen) atoms. The summed E-state index contributed by atoms with van der Waals surface area (Å²) in [5.74, 6) is 0.658. The zero-order valence-corrected chi connectivity index (χ0v) is 15.3. The van der Waals surface area contributed by atoms with Crippen molar-refractivity contribution in [3.05, 3.63) is 0 Å². The largest absolute Gasteiger partial charge is 0.403 e. The lowest BCUT2D eigenvalue weighted by Gasteiger charge is -2.39. The normalized spacial score (nSPS) is 18.8. The van der Waals surface area contributed by atoms with Crippen molar-refractivity contribution in [3.63, 3.8) is 0 Å². The van der Waals surface area contributed by atoms with E-state index in [1.165, 1.54) is 11.8 Å². The van der Waals surface area contributed by atoms with E-state index in [1.54, 1.807) is 0 Å². The van der Waals surface area contributed by atoms with Crippen LogP contribution in [0.15, 0.2) is 4.99 Å². The average Bonchev–Trinajstić information content (AvgIpc) is 2.45. The van der Waals surface area contributed by atoms with E-state index in [0.717, 1.165) is 0 Å². The molecule has 1 fully saturated rings. The third-order valence-electron chi connectivity index (χ3n) is 3.52. The molecule has 0 amide bonds. The van der Waals surface area contributed by atoms with Crippen LogP contribution in [0.5, 0.6) is 0 Å². The predicted octanol–water partition coefficient (Wildman–Crippen LogP) is 2.50. The first-order chi connectivity index (χ1) is 9.90. The number of hydrogen-bond acceptors (Lipinski definition) is 2. The molecule has 1 unspecified atom stereocenters. The van der Waals surface area contributed by atoms with Gasteiger partial charge in [-0.1, -0.05) is 0 Å². The Kier molecular flexibility index (Phi) is 10.3. The van der Waals surface area contributed by atoms with E-state index in [-0.39, 0.29) is 24.0 Å². The van der Waals surface area contributed by atoms with Crippen LogP contribution in [0.25, 0.3) is 0 Å². The fraction of sp³-hybridized carbons (Fsp3) is 0.923. The second-order valence-electron chi connectivity index (χ2n) is 5.02. The number of guanidine groups is 1. The van der Waals surface area contributed by atoms with Gasteiger partial charge in [-0.15, -0.1) is 24.0 Å². The lowest BCUT2D eigenvalue weighted by molar-refractivity contribution is -0.181. The van der Waals surface area contributed by atoms with Crippen molar-refractivity contribution in [2.24, 2.45) is 4.99 Å². The van der Waals surface area contributed by atoms with Crippen molar-refractivity contribution >= 4 is 29.9 Å². The Morgan fingerprint density at radius 2 is 1.82 bits per heavy atom. The van der Waals surface area contributed by atoms with Gasteiger partial charge in [0.25, 0.3) is 0 Å². The molecule has 0 spiro atoms. The van der Waals surface area contributed by atoms with Gasteiger partial charge < -0.3 is 10.2 Å². The fourth-order valence-electron chi connectivity index (χ4n) is 2.20. The van der Waals surface area contributed by atoms with Gasteiger partial charge in [-0.3, -0.25) is 14.3 Å². The van der Waals surface area contributed by atoms with Gasteiger partial charge in [0, 0.05) is 39.3 Å². The van der Waals surface area contributed by atoms with E-state index >= 15 is 0 Å². The summed E-state index contributed by atoms with van der Waals surface area (Å²) >= 11 is 0. The highest BCUT2D eigenvalue weighted by Gasteiger charge is 2.41. The van der Waals surface area contributed by atoms with Gasteiger partial charge in [-0.05, 0) is 20.3 Å². The first-order valence-corrected chi connectivity index (χ1v) is 7.30. The van der Waals surface area contributed by atoms with Crippen LogP contribution in [0.1, 0.15) is 20.3 Å². The van der Waals surface area contributed by atoms with Crippen LogP contribution in [-0.4, -0.2) is 73.9 Å². The highest BCUT2D eigenvalue weighted by molar-refractivity contribution is 14.0. The van der Waals surface area contributed by atoms with Gasteiger partial charge in [0.1, 0.15) is 6.04 Å². The standard InChI is InChI=1S/C13H24F4N4.HI/c1-3-18-12(19-6-4-5-14)21-9-7-20(8-10-21)11(2)13(15,16)17;/h11H,3-10H2,1-2H3,(H,18,19);1H. The summed E-state index contributed by atoms with van der Waals surface area (Å²) in [5.41, 5.74) is 0. The maximum absolute atomic E-state index is 12.7. The maximum Gasteiger partial charge on any atom is 0.403 e. The Labute approximate surface area is 146 Å². The van der Waals surface area contributed by atoms with Gasteiger partial charge in [0.15, 0.2) is 5.96 Å². The SMILES string of the molecule is CCNC(=NCCCF)N1CCN(C(C)C(F)(F)F)CC1.I. The predicted molar refractivity (Wildman–Crippen MR) is 90.6 cm³/mol. The minimum absolute atomic E-state index is 0. The highest BCUT2D eigenvalue weighted by atomic mass is 127. The molecule has 1 aliphatic heterocycles. The first kappa shape index (κ1) is 21.7. The van der Waals surface area contributed by atoms with E-state index in [2.05, 4.69) is 10.3 Å². The molecule has 0 aliphatic carbocycles. The number of rotatable bonds is 5. The minimum atomic E-state index is -4.19. The minimum Gasteiger partial charge on any atom is -0.357 e. The molecule has 0 radical (unpaired) electrons. The number of hydrogen-bond donors (Lipinski definition) is 1. The molecule has 0 saturated carbocycles. The van der Waals surface area contributed by atoms with E-state index in [1.807, 2.05) is 11.8 Å². The lowest BCUT2D eigenvalue weighted by atomic mass is 10.2. The summed E-state index contributed by atoms with van der Waals surface area (Å²) in [6, 6.07) is -1.43. The molecule has 132 valence electrons. The van der Waals surface area contributed by atoms with Crippen LogP contribution in [0.4, 0.5) is 17.6 Å². The molecule has 1 aliphatic rings. The fourth-order valence-corrected chi connectivity index (χ4v) is 2.20. The number of alkyl halides is 4. The molecule has 9 heteroatoms. The molecule has 0 aromatic rings. The molecule has 4 nitrogen and oxygen atoms in total. The quantitative estimate of drug-likeness (QED) is 0.235. The molecule has 1 heterocycles. The monoisotopic (exact) mass is 440 g/mol. The Balaban J connectivity index is 0.00000441. The summed E-state index contributed by atoms with van der Waals surface area (Å²) < 4.78 is 50.2. The molecular formula is C13H25F4IN4. The average molecular weight is 440 g/mol. The Morgan fingerprint density at radius 1 is 1.23 bits per heavy atom. The van der Waals surface area contributed by atoms with Crippen LogP contribution in [0.3, 0.4) is 0 Å². The summed E-state index contributed by atoms with van der Waals surface area (Å²) in [6.07, 6.45) is -3.83. The second kappa shape index (κ2) is 10.5.